The summed E-state index contributed by atoms with van der Waals surface area (Å²) in [5, 5.41) is 0. The maximum absolute atomic E-state index is 6.03. The number of aromatic nitrogens is 3. The van der Waals surface area contributed by atoms with Crippen LogP contribution in [0.5, 0.6) is 5.95 Å². The smallest absolute Gasteiger partial charge is 0.305 e. The van der Waals surface area contributed by atoms with E-state index in [1.807, 2.05) is 16.5 Å². The molecule has 1 aliphatic heterocycles. The summed E-state index contributed by atoms with van der Waals surface area (Å²) in [7, 11) is 3.50. The molecular formula is C10H13N5O2. The molecule has 3 rings (SSSR count). The van der Waals surface area contributed by atoms with Crippen molar-refractivity contribution < 1.29 is 9.15 Å². The number of imidazole rings is 1. The predicted molar refractivity (Wildman–Crippen MR) is 62.0 cm³/mol. The van der Waals surface area contributed by atoms with Crippen molar-refractivity contribution in [3.63, 3.8) is 0 Å². The van der Waals surface area contributed by atoms with Crippen LogP contribution in [0.2, 0.25) is 0 Å². The minimum Gasteiger partial charge on any atom is -0.467 e. The summed E-state index contributed by atoms with van der Waals surface area (Å²) in [6.07, 6.45) is 1.50. The molecule has 0 spiro atoms. The SMILES string of the molecule is COc1cnc(-c2nc3n(c2N)CCN3C)o1. The molecule has 7 nitrogen and oxygen atoms in total. The van der Waals surface area contributed by atoms with E-state index in [0.717, 1.165) is 19.0 Å². The quantitative estimate of drug-likeness (QED) is 0.819. The summed E-state index contributed by atoms with van der Waals surface area (Å²) in [5.41, 5.74) is 6.60. The van der Waals surface area contributed by atoms with Crippen LogP contribution in [-0.4, -0.2) is 35.2 Å². The summed E-state index contributed by atoms with van der Waals surface area (Å²) >= 11 is 0. The Hall–Kier alpha value is -2.18. The molecule has 0 bridgehead atoms. The number of rotatable bonds is 2. The molecule has 0 amide bonds. The maximum Gasteiger partial charge on any atom is 0.305 e. The molecular weight excluding hydrogens is 222 g/mol. The number of nitrogens with two attached hydrogens (primary N) is 1. The van der Waals surface area contributed by atoms with Crippen LogP contribution >= 0.6 is 0 Å². The number of hydrogen-bond donors (Lipinski definition) is 1. The molecule has 17 heavy (non-hydrogen) atoms. The molecule has 90 valence electrons. The van der Waals surface area contributed by atoms with Crippen molar-refractivity contribution in [2.75, 3.05) is 31.3 Å². The zero-order chi connectivity index (χ0) is 12.0. The summed E-state index contributed by atoms with van der Waals surface area (Å²) in [4.78, 5) is 10.6. The van der Waals surface area contributed by atoms with Gasteiger partial charge in [0, 0.05) is 20.1 Å². The number of nitrogens with zero attached hydrogens (tertiary/aromatic N) is 4. The van der Waals surface area contributed by atoms with E-state index < -0.39 is 0 Å². The average Bonchev–Trinajstić information content (AvgIpc) is 2.98. The van der Waals surface area contributed by atoms with Crippen molar-refractivity contribution in [1.82, 2.24) is 14.5 Å². The Morgan fingerprint density at radius 1 is 1.47 bits per heavy atom. The molecule has 0 aliphatic carbocycles. The second-order valence-electron chi connectivity index (χ2n) is 3.91. The molecule has 0 radical (unpaired) electrons. The summed E-state index contributed by atoms with van der Waals surface area (Å²) in [6.45, 7) is 1.75. The van der Waals surface area contributed by atoms with E-state index in [1.165, 1.54) is 13.3 Å². The van der Waals surface area contributed by atoms with Gasteiger partial charge in [-0.2, -0.15) is 0 Å². The molecule has 0 atom stereocenters. The third kappa shape index (κ3) is 1.35. The van der Waals surface area contributed by atoms with Crippen LogP contribution in [0.15, 0.2) is 10.6 Å². The maximum atomic E-state index is 6.03. The number of fused-ring (bicyclic) bond motifs is 1. The molecule has 0 fully saturated rings. The Morgan fingerprint density at radius 3 is 2.94 bits per heavy atom. The van der Waals surface area contributed by atoms with E-state index in [0.29, 0.717) is 23.3 Å². The number of ether oxygens (including phenoxy) is 1. The van der Waals surface area contributed by atoms with E-state index >= 15 is 0 Å². The standard InChI is InChI=1S/C10H13N5O2/c1-14-3-4-15-8(11)7(13-10(14)15)9-12-5-6(16-2)17-9/h5H,3-4,11H2,1-2H3. The van der Waals surface area contributed by atoms with Gasteiger partial charge in [-0.1, -0.05) is 0 Å². The highest BCUT2D eigenvalue weighted by atomic mass is 16.6. The summed E-state index contributed by atoms with van der Waals surface area (Å²) < 4.78 is 12.3. The van der Waals surface area contributed by atoms with Crippen LogP contribution in [0, 0.1) is 0 Å². The first-order valence-corrected chi connectivity index (χ1v) is 5.28. The fraction of sp³-hybridized carbons (Fsp3) is 0.400. The molecule has 0 saturated carbocycles. The highest BCUT2D eigenvalue weighted by Gasteiger charge is 2.25. The normalized spacial score (nSPS) is 14.1. The van der Waals surface area contributed by atoms with Gasteiger partial charge in [0.05, 0.1) is 7.11 Å². The van der Waals surface area contributed by atoms with E-state index in [4.69, 9.17) is 14.9 Å². The highest BCUT2D eigenvalue weighted by Crippen LogP contribution is 2.33. The van der Waals surface area contributed by atoms with E-state index in [-0.39, 0.29) is 0 Å². The highest BCUT2D eigenvalue weighted by molar-refractivity contribution is 5.68. The van der Waals surface area contributed by atoms with E-state index in [9.17, 15) is 0 Å². The monoisotopic (exact) mass is 235 g/mol. The van der Waals surface area contributed by atoms with Crippen molar-refractivity contribution in [3.05, 3.63) is 6.20 Å². The van der Waals surface area contributed by atoms with Crippen LogP contribution in [0.1, 0.15) is 0 Å². The zero-order valence-corrected chi connectivity index (χ0v) is 9.67. The van der Waals surface area contributed by atoms with Crippen molar-refractivity contribution in [2.24, 2.45) is 0 Å². The van der Waals surface area contributed by atoms with Crippen LogP contribution in [0.25, 0.3) is 11.6 Å². The van der Waals surface area contributed by atoms with Gasteiger partial charge in [0.1, 0.15) is 12.0 Å². The zero-order valence-electron chi connectivity index (χ0n) is 9.67. The Morgan fingerprint density at radius 2 is 2.29 bits per heavy atom. The van der Waals surface area contributed by atoms with Crippen LogP contribution < -0.4 is 15.4 Å². The molecule has 7 heteroatoms. The number of methoxy groups -OCH3 is 1. The van der Waals surface area contributed by atoms with Crippen LogP contribution in [0.4, 0.5) is 11.8 Å². The Kier molecular flexibility index (Phi) is 2.01. The number of nitrogen functional groups attached to an aromatic ring is 1. The van der Waals surface area contributed by atoms with Gasteiger partial charge in [0.25, 0.3) is 5.89 Å². The van der Waals surface area contributed by atoms with Gasteiger partial charge < -0.3 is 19.8 Å². The second kappa shape index (κ2) is 3.41. The first kappa shape index (κ1) is 10.0. The number of likely N-dealkylation sites (N-methyl/N-ethyl adjacent to an activating group) is 1. The van der Waals surface area contributed by atoms with Gasteiger partial charge in [0.2, 0.25) is 5.95 Å². The number of hydrogen-bond acceptors (Lipinski definition) is 6. The van der Waals surface area contributed by atoms with Crippen molar-refractivity contribution in [2.45, 2.75) is 6.54 Å². The number of anilines is 2. The van der Waals surface area contributed by atoms with Gasteiger partial charge in [-0.25, -0.2) is 9.97 Å². The predicted octanol–water partition coefficient (Wildman–Crippen LogP) is 0.579. The van der Waals surface area contributed by atoms with Crippen molar-refractivity contribution in [3.8, 4) is 17.5 Å². The lowest BCUT2D eigenvalue weighted by molar-refractivity contribution is 0.308. The third-order valence-corrected chi connectivity index (χ3v) is 2.88. The average molecular weight is 235 g/mol. The first-order chi connectivity index (χ1) is 8.20. The van der Waals surface area contributed by atoms with Crippen LogP contribution in [0.3, 0.4) is 0 Å². The second-order valence-corrected chi connectivity index (χ2v) is 3.91. The molecule has 3 heterocycles. The molecule has 1 aliphatic rings. The van der Waals surface area contributed by atoms with Gasteiger partial charge in [0.15, 0.2) is 5.69 Å². The molecule has 2 aromatic rings. The lowest BCUT2D eigenvalue weighted by atomic mass is 10.4. The summed E-state index contributed by atoms with van der Waals surface area (Å²) in [6, 6.07) is 0. The fourth-order valence-corrected chi connectivity index (χ4v) is 1.94. The molecule has 2 N–H and O–H groups in total. The molecule has 0 saturated heterocycles. The topological polar surface area (TPSA) is 82.3 Å². The Labute approximate surface area is 97.8 Å². The summed E-state index contributed by atoms with van der Waals surface area (Å²) in [5.74, 6) is 2.15. The fourth-order valence-electron chi connectivity index (χ4n) is 1.94. The van der Waals surface area contributed by atoms with E-state index in [1.54, 1.807) is 0 Å². The van der Waals surface area contributed by atoms with Crippen molar-refractivity contribution >= 4 is 11.8 Å². The van der Waals surface area contributed by atoms with E-state index in [2.05, 4.69) is 9.97 Å². The van der Waals surface area contributed by atoms with Gasteiger partial charge in [-0.05, 0) is 0 Å². The largest absolute Gasteiger partial charge is 0.467 e. The molecule has 0 unspecified atom stereocenters. The molecule has 2 aromatic heterocycles. The third-order valence-electron chi connectivity index (χ3n) is 2.88. The lowest BCUT2D eigenvalue weighted by Gasteiger charge is -2.05. The Bertz CT molecular complexity index is 559. The Balaban J connectivity index is 2.07. The van der Waals surface area contributed by atoms with Crippen LogP contribution in [-0.2, 0) is 6.54 Å². The number of oxazole rings is 1. The van der Waals surface area contributed by atoms with Gasteiger partial charge in [-0.15, -0.1) is 0 Å². The first-order valence-electron chi connectivity index (χ1n) is 5.28. The van der Waals surface area contributed by atoms with Gasteiger partial charge in [-0.3, -0.25) is 4.57 Å². The van der Waals surface area contributed by atoms with Crippen molar-refractivity contribution in [1.29, 1.82) is 0 Å². The lowest BCUT2D eigenvalue weighted by Crippen LogP contribution is -2.13. The minimum absolute atomic E-state index is 0.348. The van der Waals surface area contributed by atoms with Gasteiger partial charge >= 0.3 is 5.95 Å². The minimum atomic E-state index is 0.348. The molecule has 0 aromatic carbocycles.